The van der Waals surface area contributed by atoms with E-state index >= 15 is 0 Å². The first kappa shape index (κ1) is 17.4. The largest absolute Gasteiger partial charge is 0.435 e. The van der Waals surface area contributed by atoms with Crippen molar-refractivity contribution in [1.82, 2.24) is 5.32 Å². The zero-order chi connectivity index (χ0) is 17.6. The predicted molar refractivity (Wildman–Crippen MR) is 91.5 cm³/mol. The number of hydrogen-bond acceptors (Lipinski definition) is 2. The molecule has 2 aromatic rings. The van der Waals surface area contributed by atoms with Gasteiger partial charge < -0.3 is 10.1 Å². The molecule has 3 rings (SSSR count). The lowest BCUT2D eigenvalue weighted by Crippen LogP contribution is -2.33. The van der Waals surface area contributed by atoms with Crippen LogP contribution in [-0.4, -0.2) is 12.5 Å². The second kappa shape index (κ2) is 8.10. The Hall–Kier alpha value is -2.43. The van der Waals surface area contributed by atoms with Gasteiger partial charge in [0.15, 0.2) is 0 Å². The van der Waals surface area contributed by atoms with Gasteiger partial charge in [-0.2, -0.15) is 8.78 Å². The number of carbonyl (C=O) groups is 1. The lowest BCUT2D eigenvalue weighted by molar-refractivity contribution is -0.125. The number of benzene rings is 2. The number of nitrogens with one attached hydrogen (secondary N) is 1. The fourth-order valence-electron chi connectivity index (χ4n) is 3.29. The smallest absolute Gasteiger partial charge is 0.387 e. The molecule has 0 aliphatic heterocycles. The van der Waals surface area contributed by atoms with Gasteiger partial charge in [0, 0.05) is 5.92 Å². The van der Waals surface area contributed by atoms with Crippen molar-refractivity contribution >= 4 is 5.91 Å². The molecule has 5 heteroatoms. The van der Waals surface area contributed by atoms with Crippen LogP contribution in [0.25, 0.3) is 0 Å². The molecule has 132 valence electrons. The van der Waals surface area contributed by atoms with E-state index in [9.17, 15) is 13.6 Å². The van der Waals surface area contributed by atoms with Crippen molar-refractivity contribution in [2.75, 3.05) is 0 Å². The number of ether oxygens (including phenoxy) is 1. The van der Waals surface area contributed by atoms with Crippen LogP contribution in [0.15, 0.2) is 54.6 Å². The third kappa shape index (κ3) is 4.56. The standard InChI is InChI=1S/C20H21F2NO2/c21-20(22)25-17-12-10-15(11-13-17)18(14-6-2-1-3-7-14)23-19(24)16-8-4-5-9-16/h1-3,6-7,10-13,16,18,20H,4-5,8-9H2,(H,23,24)/t18-/m1/s1. The van der Waals surface area contributed by atoms with Crippen LogP contribution < -0.4 is 10.1 Å². The van der Waals surface area contributed by atoms with E-state index in [0.717, 1.165) is 36.8 Å². The monoisotopic (exact) mass is 345 g/mol. The van der Waals surface area contributed by atoms with Crippen LogP contribution in [0, 0.1) is 5.92 Å². The maximum Gasteiger partial charge on any atom is 0.387 e. The van der Waals surface area contributed by atoms with Crippen molar-refractivity contribution in [2.24, 2.45) is 5.92 Å². The molecule has 1 N–H and O–H groups in total. The molecule has 1 aliphatic carbocycles. The number of rotatable bonds is 6. The molecule has 2 aromatic carbocycles. The number of hydrogen-bond donors (Lipinski definition) is 1. The van der Waals surface area contributed by atoms with Crippen LogP contribution in [0.5, 0.6) is 5.75 Å². The minimum Gasteiger partial charge on any atom is -0.435 e. The number of carbonyl (C=O) groups excluding carboxylic acids is 1. The topological polar surface area (TPSA) is 38.3 Å². The van der Waals surface area contributed by atoms with Gasteiger partial charge in [-0.05, 0) is 36.1 Å². The Kier molecular flexibility index (Phi) is 5.64. The van der Waals surface area contributed by atoms with Gasteiger partial charge in [0.1, 0.15) is 5.75 Å². The van der Waals surface area contributed by atoms with Gasteiger partial charge in [0.25, 0.3) is 0 Å². The maximum atomic E-state index is 12.6. The normalized spacial score (nSPS) is 16.0. The van der Waals surface area contributed by atoms with Gasteiger partial charge >= 0.3 is 6.61 Å². The highest BCUT2D eigenvalue weighted by Gasteiger charge is 2.26. The van der Waals surface area contributed by atoms with Gasteiger partial charge in [-0.1, -0.05) is 55.3 Å². The summed E-state index contributed by atoms with van der Waals surface area (Å²) < 4.78 is 29.0. The Morgan fingerprint density at radius 3 is 2.16 bits per heavy atom. The molecule has 1 aliphatic rings. The molecule has 0 radical (unpaired) electrons. The molecular weight excluding hydrogens is 324 g/mol. The average Bonchev–Trinajstić information content (AvgIpc) is 3.15. The van der Waals surface area contributed by atoms with Gasteiger partial charge in [0.2, 0.25) is 5.91 Å². The highest BCUT2D eigenvalue weighted by molar-refractivity contribution is 5.79. The predicted octanol–water partition coefficient (Wildman–Crippen LogP) is 4.68. The number of amides is 1. The molecule has 0 aromatic heterocycles. The summed E-state index contributed by atoms with van der Waals surface area (Å²) in [5.41, 5.74) is 1.79. The molecule has 0 bridgehead atoms. The van der Waals surface area contributed by atoms with Crippen LogP contribution >= 0.6 is 0 Å². The Labute approximate surface area is 146 Å². The average molecular weight is 345 g/mol. The van der Waals surface area contributed by atoms with Gasteiger partial charge in [-0.15, -0.1) is 0 Å². The molecular formula is C20H21F2NO2. The Morgan fingerprint density at radius 1 is 0.960 bits per heavy atom. The molecule has 1 fully saturated rings. The van der Waals surface area contributed by atoms with E-state index in [0.29, 0.717) is 0 Å². The minimum absolute atomic E-state index is 0.0549. The summed E-state index contributed by atoms with van der Waals surface area (Å²) in [6.07, 6.45) is 4.03. The second-order valence-corrected chi connectivity index (χ2v) is 6.28. The van der Waals surface area contributed by atoms with Crippen LogP contribution in [0.1, 0.15) is 42.9 Å². The molecule has 0 spiro atoms. The lowest BCUT2D eigenvalue weighted by atomic mass is 9.97. The van der Waals surface area contributed by atoms with E-state index in [1.165, 1.54) is 12.1 Å². The third-order valence-corrected chi connectivity index (χ3v) is 4.58. The molecule has 0 heterocycles. The SMILES string of the molecule is O=C(N[C@H](c1ccccc1)c1ccc(OC(F)F)cc1)C1CCCC1. The van der Waals surface area contributed by atoms with Gasteiger partial charge in [-0.3, -0.25) is 4.79 Å². The minimum atomic E-state index is -2.85. The molecule has 3 nitrogen and oxygen atoms in total. The molecule has 0 saturated heterocycles. The van der Waals surface area contributed by atoms with E-state index in [2.05, 4.69) is 10.1 Å². The summed E-state index contributed by atoms with van der Waals surface area (Å²) in [6.45, 7) is -2.85. The van der Waals surface area contributed by atoms with Crippen LogP contribution in [0.2, 0.25) is 0 Å². The first-order chi connectivity index (χ1) is 12.1. The summed E-state index contributed by atoms with van der Waals surface area (Å²) in [6, 6.07) is 15.8. The zero-order valence-electron chi connectivity index (χ0n) is 13.8. The van der Waals surface area contributed by atoms with E-state index < -0.39 is 6.61 Å². The van der Waals surface area contributed by atoms with Crippen molar-refractivity contribution in [3.8, 4) is 5.75 Å². The second-order valence-electron chi connectivity index (χ2n) is 6.28. The molecule has 1 amide bonds. The van der Waals surface area contributed by atoms with Crippen molar-refractivity contribution in [3.63, 3.8) is 0 Å². The van der Waals surface area contributed by atoms with Crippen molar-refractivity contribution in [1.29, 1.82) is 0 Å². The maximum absolute atomic E-state index is 12.6. The Balaban J connectivity index is 1.82. The molecule has 1 saturated carbocycles. The third-order valence-electron chi connectivity index (χ3n) is 4.58. The first-order valence-corrected chi connectivity index (χ1v) is 8.53. The Bertz CT molecular complexity index is 683. The fourth-order valence-corrected chi connectivity index (χ4v) is 3.29. The van der Waals surface area contributed by atoms with Crippen LogP contribution in [0.4, 0.5) is 8.78 Å². The van der Waals surface area contributed by atoms with E-state index in [4.69, 9.17) is 0 Å². The van der Waals surface area contributed by atoms with Crippen LogP contribution in [0.3, 0.4) is 0 Å². The lowest BCUT2D eigenvalue weighted by Gasteiger charge is -2.22. The van der Waals surface area contributed by atoms with E-state index in [1.807, 2.05) is 30.3 Å². The summed E-state index contributed by atoms with van der Waals surface area (Å²) >= 11 is 0. The van der Waals surface area contributed by atoms with Crippen molar-refractivity contribution in [2.45, 2.75) is 38.3 Å². The summed E-state index contributed by atoms with van der Waals surface area (Å²) in [5, 5.41) is 3.12. The Morgan fingerprint density at radius 2 is 1.56 bits per heavy atom. The van der Waals surface area contributed by atoms with E-state index in [-0.39, 0.29) is 23.6 Å². The summed E-state index contributed by atoms with van der Waals surface area (Å²) in [7, 11) is 0. The quantitative estimate of drug-likeness (QED) is 0.825. The van der Waals surface area contributed by atoms with Crippen molar-refractivity contribution < 1.29 is 18.3 Å². The first-order valence-electron chi connectivity index (χ1n) is 8.53. The van der Waals surface area contributed by atoms with Crippen LogP contribution in [-0.2, 0) is 4.79 Å². The van der Waals surface area contributed by atoms with E-state index in [1.54, 1.807) is 12.1 Å². The number of halogens is 2. The van der Waals surface area contributed by atoms with Gasteiger partial charge in [-0.25, -0.2) is 0 Å². The number of alkyl halides is 2. The zero-order valence-corrected chi connectivity index (χ0v) is 13.8. The molecule has 1 atom stereocenters. The summed E-state index contributed by atoms with van der Waals surface area (Å²) in [4.78, 5) is 12.6. The summed E-state index contributed by atoms with van der Waals surface area (Å²) in [5.74, 6) is 0.222. The van der Waals surface area contributed by atoms with Gasteiger partial charge in [0.05, 0.1) is 6.04 Å². The van der Waals surface area contributed by atoms with Crippen molar-refractivity contribution in [3.05, 3.63) is 65.7 Å². The molecule has 0 unspecified atom stereocenters. The highest BCUT2D eigenvalue weighted by atomic mass is 19.3. The molecule has 25 heavy (non-hydrogen) atoms. The highest BCUT2D eigenvalue weighted by Crippen LogP contribution is 2.28. The fraction of sp³-hybridized carbons (Fsp3) is 0.350.